The molecule has 1 unspecified atom stereocenters. The lowest BCUT2D eigenvalue weighted by Crippen LogP contribution is -2.29. The van der Waals surface area contributed by atoms with Crippen LogP contribution in [0, 0.1) is 6.92 Å². The third-order valence-corrected chi connectivity index (χ3v) is 5.20. The van der Waals surface area contributed by atoms with Crippen molar-refractivity contribution in [3.8, 4) is 5.75 Å². The standard InChI is InChI=1S/C26H24N2O4/c1-16(2)32-20-8-6-7-18(15-20)24(29)22-23(21-9-4-5-14-27-21)28(26(31)25(22)30)19-12-10-17(3)11-13-19/h4-16,23,29H,1-3H3/b24-22-. The van der Waals surface area contributed by atoms with Crippen molar-refractivity contribution in [3.05, 3.63) is 95.3 Å². The molecule has 6 nitrogen and oxygen atoms in total. The van der Waals surface area contributed by atoms with Crippen molar-refractivity contribution in [2.75, 3.05) is 4.90 Å². The smallest absolute Gasteiger partial charge is 0.300 e. The van der Waals surface area contributed by atoms with Gasteiger partial charge < -0.3 is 9.84 Å². The minimum atomic E-state index is -0.853. The summed E-state index contributed by atoms with van der Waals surface area (Å²) in [5.74, 6) is -1.16. The summed E-state index contributed by atoms with van der Waals surface area (Å²) in [5, 5.41) is 11.2. The first-order valence-corrected chi connectivity index (χ1v) is 10.4. The molecule has 0 bridgehead atoms. The Bertz CT molecular complexity index is 1180. The molecule has 162 valence electrons. The molecule has 3 aromatic rings. The van der Waals surface area contributed by atoms with Crippen LogP contribution in [0.1, 0.15) is 36.7 Å². The molecule has 0 radical (unpaired) electrons. The molecule has 1 amide bonds. The zero-order valence-electron chi connectivity index (χ0n) is 18.1. The van der Waals surface area contributed by atoms with Gasteiger partial charge >= 0.3 is 0 Å². The van der Waals surface area contributed by atoms with E-state index in [4.69, 9.17) is 4.74 Å². The van der Waals surface area contributed by atoms with Gasteiger partial charge in [0.25, 0.3) is 11.7 Å². The minimum absolute atomic E-state index is 0.00373. The highest BCUT2D eigenvalue weighted by molar-refractivity contribution is 6.51. The van der Waals surface area contributed by atoms with E-state index in [-0.39, 0.29) is 17.4 Å². The molecule has 2 heterocycles. The lowest BCUT2D eigenvalue weighted by atomic mass is 9.98. The molecule has 6 heteroatoms. The summed E-state index contributed by atoms with van der Waals surface area (Å²) >= 11 is 0. The van der Waals surface area contributed by atoms with Crippen molar-refractivity contribution >= 4 is 23.1 Å². The van der Waals surface area contributed by atoms with E-state index in [1.807, 2.05) is 32.9 Å². The van der Waals surface area contributed by atoms with E-state index >= 15 is 0 Å². The highest BCUT2D eigenvalue weighted by atomic mass is 16.5. The zero-order chi connectivity index (χ0) is 22.8. The summed E-state index contributed by atoms with van der Waals surface area (Å²) in [6.07, 6.45) is 1.55. The summed E-state index contributed by atoms with van der Waals surface area (Å²) in [5.41, 5.74) is 2.47. The third-order valence-electron chi connectivity index (χ3n) is 5.20. The number of aliphatic hydroxyl groups excluding tert-OH is 1. The van der Waals surface area contributed by atoms with Gasteiger partial charge in [-0.3, -0.25) is 19.5 Å². The maximum Gasteiger partial charge on any atom is 0.300 e. The molecule has 32 heavy (non-hydrogen) atoms. The number of hydrogen-bond donors (Lipinski definition) is 1. The lowest BCUT2D eigenvalue weighted by Gasteiger charge is -2.24. The number of Topliss-reactive ketones (excluding diaryl/α,β-unsaturated/α-hetero) is 1. The number of nitrogens with zero attached hydrogens (tertiary/aromatic N) is 2. The number of rotatable bonds is 5. The fourth-order valence-electron chi connectivity index (χ4n) is 3.77. The molecule has 1 fully saturated rings. The van der Waals surface area contributed by atoms with Crippen LogP contribution < -0.4 is 9.64 Å². The van der Waals surface area contributed by atoms with E-state index in [1.54, 1.807) is 60.8 Å². The van der Waals surface area contributed by atoms with Gasteiger partial charge in [0.1, 0.15) is 17.6 Å². The largest absolute Gasteiger partial charge is 0.507 e. The van der Waals surface area contributed by atoms with E-state index in [0.29, 0.717) is 22.7 Å². The first kappa shape index (κ1) is 21.3. The molecule has 1 atom stereocenters. The molecule has 2 aromatic carbocycles. The number of amides is 1. The first-order valence-electron chi connectivity index (χ1n) is 10.4. The number of pyridine rings is 1. The highest BCUT2D eigenvalue weighted by Gasteiger charge is 2.47. The minimum Gasteiger partial charge on any atom is -0.507 e. The number of aryl methyl sites for hydroxylation is 1. The SMILES string of the molecule is Cc1ccc(N2C(=O)C(=O)/C(=C(\O)c3cccc(OC(C)C)c3)C2c2ccccn2)cc1. The fraction of sp³-hybridized carbons (Fsp3) is 0.192. The second-order valence-corrected chi connectivity index (χ2v) is 7.95. The number of aliphatic hydroxyl groups is 1. The van der Waals surface area contributed by atoms with Crippen molar-refractivity contribution in [2.24, 2.45) is 0 Å². The molecule has 1 aliphatic rings. The van der Waals surface area contributed by atoms with E-state index < -0.39 is 17.7 Å². The maximum absolute atomic E-state index is 13.1. The van der Waals surface area contributed by atoms with Gasteiger partial charge in [-0.05, 0) is 57.2 Å². The Morgan fingerprint density at radius 2 is 1.78 bits per heavy atom. The number of carbonyl (C=O) groups is 2. The van der Waals surface area contributed by atoms with E-state index in [9.17, 15) is 14.7 Å². The second kappa shape index (κ2) is 8.67. The van der Waals surface area contributed by atoms with Gasteiger partial charge in [0.05, 0.1) is 17.4 Å². The quantitative estimate of drug-likeness (QED) is 0.359. The van der Waals surface area contributed by atoms with Crippen LogP contribution in [0.2, 0.25) is 0 Å². The maximum atomic E-state index is 13.1. The monoisotopic (exact) mass is 428 g/mol. The zero-order valence-corrected chi connectivity index (χ0v) is 18.1. The highest BCUT2D eigenvalue weighted by Crippen LogP contribution is 2.41. The third kappa shape index (κ3) is 3.99. The summed E-state index contributed by atoms with van der Waals surface area (Å²) in [6, 6.07) is 18.6. The molecule has 1 aromatic heterocycles. The van der Waals surface area contributed by atoms with Crippen molar-refractivity contribution in [3.63, 3.8) is 0 Å². The summed E-state index contributed by atoms with van der Waals surface area (Å²) in [4.78, 5) is 32.0. The summed E-state index contributed by atoms with van der Waals surface area (Å²) in [6.45, 7) is 5.75. The van der Waals surface area contributed by atoms with Gasteiger partial charge in [-0.15, -0.1) is 0 Å². The normalized spacial score (nSPS) is 17.8. The average Bonchev–Trinajstić information content (AvgIpc) is 3.05. The number of anilines is 1. The van der Waals surface area contributed by atoms with Crippen LogP contribution in [0.15, 0.2) is 78.5 Å². The molecule has 1 N–H and O–H groups in total. The van der Waals surface area contributed by atoms with Gasteiger partial charge in [0.15, 0.2) is 0 Å². The van der Waals surface area contributed by atoms with Crippen molar-refractivity contribution in [2.45, 2.75) is 32.9 Å². The van der Waals surface area contributed by atoms with Crippen LogP contribution in [0.5, 0.6) is 5.75 Å². The summed E-state index contributed by atoms with van der Waals surface area (Å²) in [7, 11) is 0. The summed E-state index contributed by atoms with van der Waals surface area (Å²) < 4.78 is 5.72. The molecule has 0 aliphatic carbocycles. The van der Waals surface area contributed by atoms with Gasteiger partial charge in [-0.1, -0.05) is 35.9 Å². The Morgan fingerprint density at radius 1 is 1.03 bits per heavy atom. The van der Waals surface area contributed by atoms with Gasteiger partial charge in [-0.25, -0.2) is 0 Å². The van der Waals surface area contributed by atoms with Gasteiger partial charge in [0.2, 0.25) is 0 Å². The van der Waals surface area contributed by atoms with Crippen LogP contribution in [0.4, 0.5) is 5.69 Å². The first-order chi connectivity index (χ1) is 15.4. The van der Waals surface area contributed by atoms with Crippen LogP contribution in [0.25, 0.3) is 5.76 Å². The van der Waals surface area contributed by atoms with Gasteiger partial charge in [0, 0.05) is 17.4 Å². The molecule has 1 saturated heterocycles. The van der Waals surface area contributed by atoms with Crippen LogP contribution in [0.3, 0.4) is 0 Å². The molecular formula is C26H24N2O4. The Morgan fingerprint density at radius 3 is 2.44 bits per heavy atom. The van der Waals surface area contributed by atoms with E-state index in [2.05, 4.69) is 4.98 Å². The Balaban J connectivity index is 1.89. The molecule has 0 saturated carbocycles. The van der Waals surface area contributed by atoms with Crippen molar-refractivity contribution in [1.82, 2.24) is 4.98 Å². The van der Waals surface area contributed by atoms with Crippen LogP contribution in [-0.4, -0.2) is 27.9 Å². The molecule has 4 rings (SSSR count). The van der Waals surface area contributed by atoms with Crippen LogP contribution >= 0.6 is 0 Å². The predicted octanol–water partition coefficient (Wildman–Crippen LogP) is 4.80. The fourth-order valence-corrected chi connectivity index (χ4v) is 3.77. The predicted molar refractivity (Wildman–Crippen MR) is 122 cm³/mol. The number of carbonyl (C=O) groups excluding carboxylic acids is 2. The Labute approximate surface area is 186 Å². The lowest BCUT2D eigenvalue weighted by molar-refractivity contribution is -0.132. The number of hydrogen-bond acceptors (Lipinski definition) is 5. The molecule has 0 spiro atoms. The molecule has 1 aliphatic heterocycles. The van der Waals surface area contributed by atoms with Gasteiger partial charge in [-0.2, -0.15) is 0 Å². The molecular weight excluding hydrogens is 404 g/mol. The Kier molecular flexibility index (Phi) is 5.77. The average molecular weight is 428 g/mol. The topological polar surface area (TPSA) is 79.7 Å². The van der Waals surface area contributed by atoms with E-state index in [0.717, 1.165) is 5.56 Å². The number of ether oxygens (including phenoxy) is 1. The number of ketones is 1. The Hall–Kier alpha value is -3.93. The van der Waals surface area contributed by atoms with Crippen molar-refractivity contribution in [1.29, 1.82) is 0 Å². The van der Waals surface area contributed by atoms with E-state index in [1.165, 1.54) is 4.90 Å². The number of benzene rings is 2. The van der Waals surface area contributed by atoms with Crippen LogP contribution in [-0.2, 0) is 9.59 Å². The number of aromatic nitrogens is 1. The second-order valence-electron chi connectivity index (χ2n) is 7.95. The van der Waals surface area contributed by atoms with Crippen molar-refractivity contribution < 1.29 is 19.4 Å².